The van der Waals surface area contributed by atoms with E-state index in [1.165, 1.54) is 11.0 Å². The van der Waals surface area contributed by atoms with Gasteiger partial charge in [-0.3, -0.25) is 19.7 Å². The SMILES string of the molecule is CC1C(=O)NCCN1C(=O)c1cc(Cl)c(Cl)c([N+](=O)[O-])c1. The first-order valence-corrected chi connectivity index (χ1v) is 6.80. The number of benzene rings is 1. The summed E-state index contributed by atoms with van der Waals surface area (Å²) in [5.41, 5.74) is -0.417. The van der Waals surface area contributed by atoms with Crippen molar-refractivity contribution in [1.29, 1.82) is 0 Å². The highest BCUT2D eigenvalue weighted by Gasteiger charge is 2.31. The number of amides is 2. The first-order chi connectivity index (χ1) is 9.82. The lowest BCUT2D eigenvalue weighted by Gasteiger charge is -2.32. The number of halogens is 2. The minimum atomic E-state index is -0.711. The van der Waals surface area contributed by atoms with Crippen molar-refractivity contribution < 1.29 is 14.5 Å². The Bertz CT molecular complexity index is 635. The van der Waals surface area contributed by atoms with Crippen LogP contribution >= 0.6 is 23.2 Å². The zero-order chi connectivity index (χ0) is 15.7. The number of nitrogens with zero attached hydrogens (tertiary/aromatic N) is 2. The molecule has 1 aromatic carbocycles. The van der Waals surface area contributed by atoms with E-state index in [0.29, 0.717) is 13.1 Å². The van der Waals surface area contributed by atoms with Crippen LogP contribution < -0.4 is 5.32 Å². The van der Waals surface area contributed by atoms with Gasteiger partial charge in [0.25, 0.3) is 11.6 Å². The maximum atomic E-state index is 12.4. The summed E-state index contributed by atoms with van der Waals surface area (Å²) in [6.45, 7) is 2.23. The molecule has 1 unspecified atom stereocenters. The average molecular weight is 332 g/mol. The molecule has 1 aliphatic rings. The normalized spacial score (nSPS) is 18.3. The van der Waals surface area contributed by atoms with Gasteiger partial charge in [0.05, 0.1) is 9.95 Å². The van der Waals surface area contributed by atoms with Crippen molar-refractivity contribution in [2.75, 3.05) is 13.1 Å². The van der Waals surface area contributed by atoms with Crippen LogP contribution in [0, 0.1) is 10.1 Å². The summed E-state index contributed by atoms with van der Waals surface area (Å²) in [5.74, 6) is -0.775. The van der Waals surface area contributed by atoms with Crippen LogP contribution in [0.15, 0.2) is 12.1 Å². The first-order valence-electron chi connectivity index (χ1n) is 6.05. The second-order valence-corrected chi connectivity index (χ2v) is 5.30. The lowest BCUT2D eigenvalue weighted by Crippen LogP contribution is -2.55. The molecule has 1 aliphatic heterocycles. The van der Waals surface area contributed by atoms with Crippen LogP contribution in [0.1, 0.15) is 17.3 Å². The summed E-state index contributed by atoms with van der Waals surface area (Å²) in [6, 6.07) is 1.67. The lowest BCUT2D eigenvalue weighted by atomic mass is 10.1. The number of rotatable bonds is 2. The first kappa shape index (κ1) is 15.5. The van der Waals surface area contributed by atoms with E-state index in [0.717, 1.165) is 6.07 Å². The molecule has 1 N–H and O–H groups in total. The molecule has 21 heavy (non-hydrogen) atoms. The molecule has 0 spiro atoms. The quantitative estimate of drug-likeness (QED) is 0.661. The highest BCUT2D eigenvalue weighted by atomic mass is 35.5. The maximum absolute atomic E-state index is 12.4. The maximum Gasteiger partial charge on any atom is 0.290 e. The molecule has 0 aromatic heterocycles. The van der Waals surface area contributed by atoms with Crippen LogP contribution in [-0.2, 0) is 4.79 Å². The number of carbonyl (C=O) groups excluding carboxylic acids is 2. The largest absolute Gasteiger partial charge is 0.353 e. The van der Waals surface area contributed by atoms with Crippen molar-refractivity contribution in [2.24, 2.45) is 0 Å². The van der Waals surface area contributed by atoms with Crippen molar-refractivity contribution in [2.45, 2.75) is 13.0 Å². The molecule has 0 bridgehead atoms. The van der Waals surface area contributed by atoms with Gasteiger partial charge >= 0.3 is 0 Å². The van der Waals surface area contributed by atoms with E-state index >= 15 is 0 Å². The second-order valence-electron chi connectivity index (χ2n) is 4.51. The molecule has 1 heterocycles. The second kappa shape index (κ2) is 5.87. The number of nitrogens with one attached hydrogen (secondary N) is 1. The van der Waals surface area contributed by atoms with Crippen LogP contribution in [0.4, 0.5) is 5.69 Å². The van der Waals surface area contributed by atoms with Gasteiger partial charge in [0.2, 0.25) is 5.91 Å². The number of carbonyl (C=O) groups is 2. The third kappa shape index (κ3) is 2.93. The molecule has 1 atom stereocenters. The summed E-state index contributed by atoms with van der Waals surface area (Å²) in [5, 5.41) is 13.2. The number of nitro benzene ring substituents is 1. The van der Waals surface area contributed by atoms with Gasteiger partial charge in [0.1, 0.15) is 11.1 Å². The Balaban J connectivity index is 2.39. The van der Waals surface area contributed by atoms with Crippen molar-refractivity contribution in [3.8, 4) is 0 Å². The fraction of sp³-hybridized carbons (Fsp3) is 0.333. The minimum Gasteiger partial charge on any atom is -0.353 e. The van der Waals surface area contributed by atoms with Gasteiger partial charge in [0.15, 0.2) is 0 Å². The van der Waals surface area contributed by atoms with E-state index in [4.69, 9.17) is 23.2 Å². The van der Waals surface area contributed by atoms with E-state index in [1.54, 1.807) is 6.92 Å². The summed E-state index contributed by atoms with van der Waals surface area (Å²) >= 11 is 11.6. The van der Waals surface area contributed by atoms with Crippen molar-refractivity contribution in [1.82, 2.24) is 10.2 Å². The zero-order valence-electron chi connectivity index (χ0n) is 10.9. The molecule has 0 radical (unpaired) electrons. The van der Waals surface area contributed by atoms with E-state index in [9.17, 15) is 19.7 Å². The number of hydrogen-bond donors (Lipinski definition) is 1. The fourth-order valence-electron chi connectivity index (χ4n) is 2.06. The molecule has 1 fully saturated rings. The lowest BCUT2D eigenvalue weighted by molar-refractivity contribution is -0.384. The van der Waals surface area contributed by atoms with Gasteiger partial charge in [-0.1, -0.05) is 23.2 Å². The van der Waals surface area contributed by atoms with Crippen molar-refractivity contribution in [3.63, 3.8) is 0 Å². The number of piperazine rings is 1. The van der Waals surface area contributed by atoms with Crippen molar-refractivity contribution in [3.05, 3.63) is 37.9 Å². The highest BCUT2D eigenvalue weighted by molar-refractivity contribution is 6.43. The molecule has 112 valence electrons. The van der Waals surface area contributed by atoms with E-state index in [1.807, 2.05) is 0 Å². The van der Waals surface area contributed by atoms with Gasteiger partial charge < -0.3 is 10.2 Å². The average Bonchev–Trinajstić information content (AvgIpc) is 2.43. The minimum absolute atomic E-state index is 0.0256. The Kier molecular flexibility index (Phi) is 4.34. The molecule has 2 rings (SSSR count). The molecular weight excluding hydrogens is 321 g/mol. The molecular formula is C12H11Cl2N3O4. The molecule has 7 nitrogen and oxygen atoms in total. The third-order valence-corrected chi connectivity index (χ3v) is 4.00. The Morgan fingerprint density at radius 2 is 2.14 bits per heavy atom. The number of nitro groups is 1. The van der Waals surface area contributed by atoms with Crippen LogP contribution in [0.25, 0.3) is 0 Å². The molecule has 1 saturated heterocycles. The van der Waals surface area contributed by atoms with Crippen LogP contribution in [-0.4, -0.2) is 40.8 Å². The zero-order valence-corrected chi connectivity index (χ0v) is 12.4. The molecule has 9 heteroatoms. The van der Waals surface area contributed by atoms with Crippen LogP contribution in [0.3, 0.4) is 0 Å². The Hall–Kier alpha value is -1.86. The summed E-state index contributed by atoms with van der Waals surface area (Å²) in [6.07, 6.45) is 0. The fourth-order valence-corrected chi connectivity index (χ4v) is 2.45. The van der Waals surface area contributed by atoms with Crippen LogP contribution in [0.2, 0.25) is 10.0 Å². The van der Waals surface area contributed by atoms with Crippen LogP contribution in [0.5, 0.6) is 0 Å². The molecule has 1 aromatic rings. The van der Waals surface area contributed by atoms with E-state index < -0.39 is 22.6 Å². The summed E-state index contributed by atoms with van der Waals surface area (Å²) in [7, 11) is 0. The predicted molar refractivity (Wildman–Crippen MR) is 76.6 cm³/mol. The monoisotopic (exact) mass is 331 g/mol. The van der Waals surface area contributed by atoms with Gasteiger partial charge in [-0.15, -0.1) is 0 Å². The summed E-state index contributed by atoms with van der Waals surface area (Å²) < 4.78 is 0. The highest BCUT2D eigenvalue weighted by Crippen LogP contribution is 2.33. The van der Waals surface area contributed by atoms with Crippen molar-refractivity contribution >= 4 is 40.7 Å². The van der Waals surface area contributed by atoms with E-state index in [2.05, 4.69) is 5.32 Å². The topological polar surface area (TPSA) is 92.6 Å². The van der Waals surface area contributed by atoms with Gasteiger partial charge in [-0.25, -0.2) is 0 Å². The Morgan fingerprint density at radius 1 is 1.48 bits per heavy atom. The Morgan fingerprint density at radius 3 is 2.76 bits per heavy atom. The summed E-state index contributed by atoms with van der Waals surface area (Å²) in [4.78, 5) is 35.5. The van der Waals surface area contributed by atoms with E-state index in [-0.39, 0.29) is 21.5 Å². The smallest absolute Gasteiger partial charge is 0.290 e. The van der Waals surface area contributed by atoms with Gasteiger partial charge in [-0.05, 0) is 13.0 Å². The van der Waals surface area contributed by atoms with Gasteiger partial charge in [-0.2, -0.15) is 0 Å². The molecule has 2 amide bonds. The number of hydrogen-bond acceptors (Lipinski definition) is 4. The molecule has 0 aliphatic carbocycles. The predicted octanol–water partition coefficient (Wildman–Crippen LogP) is 1.86. The van der Waals surface area contributed by atoms with Gasteiger partial charge in [0, 0.05) is 24.7 Å². The third-order valence-electron chi connectivity index (χ3n) is 3.21. The standard InChI is InChI=1S/C12H11Cl2N3O4/c1-6-11(18)15-2-3-16(6)12(19)7-4-8(13)10(14)9(5-7)17(20)21/h4-6H,2-3H2,1H3,(H,15,18). The molecule has 0 saturated carbocycles. The Labute approximate surface area is 130 Å².